The van der Waals surface area contributed by atoms with E-state index in [0.717, 1.165) is 22.7 Å². The number of nitrogens with zero attached hydrogens (tertiary/aromatic N) is 2. The predicted octanol–water partition coefficient (Wildman–Crippen LogP) is 3.43. The molecule has 1 fully saturated rings. The van der Waals surface area contributed by atoms with Crippen molar-refractivity contribution in [3.8, 4) is 0 Å². The zero-order chi connectivity index (χ0) is 18.5. The Balaban J connectivity index is 1.59. The van der Waals surface area contributed by atoms with E-state index in [-0.39, 0.29) is 6.23 Å². The first-order chi connectivity index (χ1) is 13.3. The molecular weight excluding hydrogens is 355 g/mol. The fourth-order valence-electron chi connectivity index (χ4n) is 3.58. The van der Waals surface area contributed by atoms with Crippen molar-refractivity contribution in [3.63, 3.8) is 0 Å². The molecule has 4 nitrogen and oxygen atoms in total. The molecule has 1 aromatic heterocycles. The predicted molar refractivity (Wildman–Crippen MR) is 109 cm³/mol. The minimum absolute atomic E-state index is 0.112. The molecule has 0 amide bonds. The summed E-state index contributed by atoms with van der Waals surface area (Å²) in [7, 11) is -2.71. The van der Waals surface area contributed by atoms with Crippen LogP contribution in [0.15, 0.2) is 85.2 Å². The van der Waals surface area contributed by atoms with Crippen molar-refractivity contribution < 1.29 is 9.30 Å². The van der Waals surface area contributed by atoms with Gasteiger partial charge in [0.05, 0.1) is 6.61 Å². The molecule has 0 aliphatic carbocycles. The van der Waals surface area contributed by atoms with Gasteiger partial charge in [0.25, 0.3) is 0 Å². The van der Waals surface area contributed by atoms with E-state index in [0.29, 0.717) is 19.3 Å². The monoisotopic (exact) mass is 378 g/mol. The van der Waals surface area contributed by atoms with Crippen molar-refractivity contribution in [3.05, 3.63) is 90.8 Å². The minimum Gasteiger partial charge on any atom is -0.357 e. The van der Waals surface area contributed by atoms with Gasteiger partial charge in [-0.1, -0.05) is 66.7 Å². The largest absolute Gasteiger partial charge is 0.357 e. The van der Waals surface area contributed by atoms with Gasteiger partial charge < -0.3 is 9.30 Å². The zero-order valence-corrected chi connectivity index (χ0v) is 16.0. The first kappa shape index (κ1) is 18.1. The molecule has 1 saturated heterocycles. The van der Waals surface area contributed by atoms with E-state index < -0.39 is 7.14 Å². The normalized spacial score (nSPS) is 17.9. The number of benzene rings is 2. The number of ether oxygens (including phenoxy) is 1. The number of hydrogen-bond acceptors (Lipinski definition) is 4. The van der Waals surface area contributed by atoms with Gasteiger partial charge in [-0.15, -0.1) is 0 Å². The molecule has 1 aliphatic rings. The van der Waals surface area contributed by atoms with Crippen molar-refractivity contribution in [2.24, 2.45) is 0 Å². The second kappa shape index (κ2) is 8.18. The first-order valence-corrected chi connectivity index (χ1v) is 11.1. The lowest BCUT2D eigenvalue weighted by Crippen LogP contribution is -2.30. The Morgan fingerprint density at radius 1 is 0.963 bits per heavy atom. The smallest absolute Gasteiger partial charge is 0.144 e. The van der Waals surface area contributed by atoms with E-state index in [4.69, 9.17) is 4.74 Å². The van der Waals surface area contributed by atoms with Crippen LogP contribution in [0.4, 0.5) is 0 Å². The van der Waals surface area contributed by atoms with Gasteiger partial charge in [-0.2, -0.15) is 0 Å². The van der Waals surface area contributed by atoms with Gasteiger partial charge in [0.2, 0.25) is 0 Å². The molecule has 0 N–H and O–H groups in total. The third kappa shape index (κ3) is 3.89. The van der Waals surface area contributed by atoms with Gasteiger partial charge in [0.1, 0.15) is 13.4 Å². The van der Waals surface area contributed by atoms with Crippen LogP contribution in [0.1, 0.15) is 11.8 Å². The highest BCUT2D eigenvalue weighted by Gasteiger charge is 2.32. The molecule has 0 radical (unpaired) electrons. The van der Waals surface area contributed by atoms with Crippen LogP contribution in [0.2, 0.25) is 0 Å². The van der Waals surface area contributed by atoms with Crippen molar-refractivity contribution in [2.45, 2.75) is 6.23 Å². The molecule has 4 rings (SSSR count). The Kier molecular flexibility index (Phi) is 5.49. The molecule has 27 heavy (non-hydrogen) atoms. The van der Waals surface area contributed by atoms with E-state index in [1.54, 1.807) is 6.20 Å². The summed E-state index contributed by atoms with van der Waals surface area (Å²) in [4.78, 5) is 6.47. The lowest BCUT2D eigenvalue weighted by Gasteiger charge is -2.26. The number of rotatable bonds is 6. The number of hydrogen-bond donors (Lipinski definition) is 0. The highest BCUT2D eigenvalue weighted by atomic mass is 31.2. The molecule has 5 heteroatoms. The molecule has 2 aromatic carbocycles. The fraction of sp³-hybridized carbons (Fsp3) is 0.227. The van der Waals surface area contributed by atoms with Crippen LogP contribution in [0.25, 0.3) is 0 Å². The van der Waals surface area contributed by atoms with Crippen LogP contribution in [0.3, 0.4) is 0 Å². The second-order valence-electron chi connectivity index (χ2n) is 6.68. The van der Waals surface area contributed by atoms with Crippen LogP contribution in [-0.4, -0.2) is 35.7 Å². The number of aromatic nitrogens is 1. The Morgan fingerprint density at radius 3 is 2.22 bits per heavy atom. The van der Waals surface area contributed by atoms with Crippen LogP contribution < -0.4 is 10.6 Å². The Hall–Kier alpha value is -2.26. The zero-order valence-electron chi connectivity index (χ0n) is 15.1. The van der Waals surface area contributed by atoms with E-state index in [1.165, 1.54) is 0 Å². The lowest BCUT2D eigenvalue weighted by atomic mass is 10.2. The molecule has 2 heterocycles. The second-order valence-corrected chi connectivity index (χ2v) is 9.64. The van der Waals surface area contributed by atoms with E-state index in [1.807, 2.05) is 79.0 Å². The minimum atomic E-state index is -2.71. The summed E-state index contributed by atoms with van der Waals surface area (Å²) in [5.74, 6) is 0. The van der Waals surface area contributed by atoms with Crippen LogP contribution in [0.5, 0.6) is 0 Å². The Labute approximate surface area is 160 Å². The van der Waals surface area contributed by atoms with Gasteiger partial charge in [-0.25, -0.2) is 0 Å². The van der Waals surface area contributed by atoms with Crippen molar-refractivity contribution >= 4 is 17.8 Å². The van der Waals surface area contributed by atoms with Gasteiger partial charge in [0, 0.05) is 47.8 Å². The molecule has 1 atom stereocenters. The van der Waals surface area contributed by atoms with Crippen molar-refractivity contribution in [1.82, 2.24) is 9.88 Å². The van der Waals surface area contributed by atoms with Crippen LogP contribution in [-0.2, 0) is 9.30 Å². The summed E-state index contributed by atoms with van der Waals surface area (Å²) < 4.78 is 20.1. The topological polar surface area (TPSA) is 42.4 Å². The average molecular weight is 378 g/mol. The molecule has 3 aromatic rings. The molecule has 138 valence electrons. The van der Waals surface area contributed by atoms with Crippen LogP contribution >= 0.6 is 7.14 Å². The summed E-state index contributed by atoms with van der Waals surface area (Å²) in [6.07, 6.45) is 4.08. The van der Waals surface area contributed by atoms with Gasteiger partial charge in [-0.05, 0) is 6.07 Å². The van der Waals surface area contributed by atoms with Crippen molar-refractivity contribution in [2.75, 3.05) is 25.9 Å². The Bertz CT molecular complexity index is 860. The van der Waals surface area contributed by atoms with Gasteiger partial charge >= 0.3 is 0 Å². The third-order valence-corrected chi connectivity index (χ3v) is 8.10. The summed E-state index contributed by atoms with van der Waals surface area (Å²) in [6, 6.07) is 23.6. The van der Waals surface area contributed by atoms with Gasteiger partial charge in [-0.3, -0.25) is 9.88 Å². The molecule has 0 bridgehead atoms. The Morgan fingerprint density at radius 2 is 1.63 bits per heavy atom. The highest BCUT2D eigenvalue weighted by molar-refractivity contribution is 7.78. The fourth-order valence-corrected chi connectivity index (χ4v) is 6.24. The SMILES string of the molecule is O=P(CCN1CCO[C@H]1c1cccnc1)(c1ccccc1)c1ccccc1. The molecule has 0 saturated carbocycles. The molecular formula is C22H23N2O2P. The van der Waals surface area contributed by atoms with Crippen LogP contribution in [0, 0.1) is 0 Å². The average Bonchev–Trinajstić information content (AvgIpc) is 3.23. The standard InChI is InChI=1S/C22H23N2O2P/c25-27(20-9-3-1-4-10-20,21-11-5-2-6-12-21)17-15-24-14-16-26-22(24)19-8-7-13-23-18-19/h1-13,18,22H,14-17H2/t22-/m0/s1. The first-order valence-electron chi connectivity index (χ1n) is 9.23. The lowest BCUT2D eigenvalue weighted by molar-refractivity contribution is 0.0354. The maximum absolute atomic E-state index is 14.1. The van der Waals surface area contributed by atoms with Crippen molar-refractivity contribution in [1.29, 1.82) is 0 Å². The molecule has 1 aliphatic heterocycles. The van der Waals surface area contributed by atoms with E-state index in [9.17, 15) is 4.57 Å². The van der Waals surface area contributed by atoms with E-state index >= 15 is 0 Å². The molecule has 0 spiro atoms. The summed E-state index contributed by atoms with van der Waals surface area (Å²) >= 11 is 0. The molecule has 0 unspecified atom stereocenters. The maximum Gasteiger partial charge on any atom is 0.144 e. The maximum atomic E-state index is 14.1. The third-order valence-electron chi connectivity index (χ3n) is 5.00. The summed E-state index contributed by atoms with van der Waals surface area (Å²) in [6.45, 7) is 2.23. The summed E-state index contributed by atoms with van der Waals surface area (Å²) in [5.41, 5.74) is 1.05. The quantitative estimate of drug-likeness (QED) is 0.617. The highest BCUT2D eigenvalue weighted by Crippen LogP contribution is 2.43. The summed E-state index contributed by atoms with van der Waals surface area (Å²) in [5, 5.41) is 1.82. The van der Waals surface area contributed by atoms with Gasteiger partial charge in [0.15, 0.2) is 0 Å². The van der Waals surface area contributed by atoms with E-state index in [2.05, 4.69) is 9.88 Å². The number of pyridine rings is 1.